The Balaban J connectivity index is 2.18. The van der Waals surface area contributed by atoms with E-state index in [-0.39, 0.29) is 12.5 Å². The summed E-state index contributed by atoms with van der Waals surface area (Å²) in [5.74, 6) is -1.24. The molecule has 14 heavy (non-hydrogen) atoms. The first-order chi connectivity index (χ1) is 6.68. The fourth-order valence-corrected chi connectivity index (χ4v) is 1.66. The van der Waals surface area contributed by atoms with E-state index in [0.29, 0.717) is 12.8 Å². The summed E-state index contributed by atoms with van der Waals surface area (Å²) in [6, 6.07) is 1.95. The molecule has 0 radical (unpaired) electrons. The van der Waals surface area contributed by atoms with Gasteiger partial charge >= 0.3 is 5.97 Å². The number of nitrogens with one attached hydrogen (secondary N) is 1. The molecule has 0 saturated carbocycles. The molecule has 5 heteroatoms. The highest BCUT2D eigenvalue weighted by molar-refractivity contribution is 7.07. The number of aliphatic carboxylic acids is 1. The maximum Gasteiger partial charge on any atom is 0.322 e. The second kappa shape index (κ2) is 5.39. The summed E-state index contributed by atoms with van der Waals surface area (Å²) < 4.78 is 0. The third-order valence-corrected chi connectivity index (χ3v) is 2.39. The third-order valence-electron chi connectivity index (χ3n) is 1.66. The van der Waals surface area contributed by atoms with Gasteiger partial charge < -0.3 is 10.4 Å². The number of carboxylic acid groups (broad SMARTS) is 1. The van der Waals surface area contributed by atoms with Crippen LogP contribution in [-0.4, -0.2) is 23.5 Å². The summed E-state index contributed by atoms with van der Waals surface area (Å²) in [5.41, 5.74) is 1.11. The molecule has 1 aromatic rings. The van der Waals surface area contributed by atoms with E-state index >= 15 is 0 Å². The Bertz CT molecular complexity index is 308. The molecule has 0 unspecified atom stereocenters. The minimum Gasteiger partial charge on any atom is -0.480 e. The van der Waals surface area contributed by atoms with Crippen LogP contribution in [0.3, 0.4) is 0 Å². The van der Waals surface area contributed by atoms with Crippen molar-refractivity contribution in [2.75, 3.05) is 6.54 Å². The van der Waals surface area contributed by atoms with Gasteiger partial charge in [0, 0.05) is 6.42 Å². The molecule has 0 aliphatic carbocycles. The van der Waals surface area contributed by atoms with Crippen LogP contribution in [0, 0.1) is 0 Å². The smallest absolute Gasteiger partial charge is 0.322 e. The number of carbonyl (C=O) groups excluding carboxylic acids is 1. The molecular weight excluding hydrogens is 202 g/mol. The molecule has 0 bridgehead atoms. The molecule has 1 rings (SSSR count). The normalized spacial score (nSPS) is 9.71. The second-order valence-corrected chi connectivity index (χ2v) is 3.58. The van der Waals surface area contributed by atoms with Gasteiger partial charge in [-0.1, -0.05) is 0 Å². The topological polar surface area (TPSA) is 66.4 Å². The van der Waals surface area contributed by atoms with Crippen LogP contribution in [0.2, 0.25) is 0 Å². The Morgan fingerprint density at radius 2 is 2.29 bits per heavy atom. The molecule has 76 valence electrons. The lowest BCUT2D eigenvalue weighted by Crippen LogP contribution is -2.29. The van der Waals surface area contributed by atoms with Gasteiger partial charge in [0.25, 0.3) is 0 Å². The van der Waals surface area contributed by atoms with Crippen molar-refractivity contribution in [2.45, 2.75) is 12.8 Å². The summed E-state index contributed by atoms with van der Waals surface area (Å²) in [4.78, 5) is 21.2. The summed E-state index contributed by atoms with van der Waals surface area (Å²) in [7, 11) is 0. The lowest BCUT2D eigenvalue weighted by atomic mass is 10.2. The SMILES string of the molecule is O=C(O)CNC(=O)CCc1ccsc1. The van der Waals surface area contributed by atoms with Crippen LogP contribution in [0.1, 0.15) is 12.0 Å². The fraction of sp³-hybridized carbons (Fsp3) is 0.333. The third kappa shape index (κ3) is 4.04. The number of carboxylic acids is 1. The summed E-state index contributed by atoms with van der Waals surface area (Å²) in [6.45, 7) is -0.303. The summed E-state index contributed by atoms with van der Waals surface area (Å²) in [5, 5.41) is 14.5. The van der Waals surface area contributed by atoms with Gasteiger partial charge in [-0.3, -0.25) is 9.59 Å². The Morgan fingerprint density at radius 1 is 1.50 bits per heavy atom. The van der Waals surface area contributed by atoms with E-state index in [1.165, 1.54) is 0 Å². The van der Waals surface area contributed by atoms with Crippen molar-refractivity contribution in [2.24, 2.45) is 0 Å². The molecule has 1 heterocycles. The van der Waals surface area contributed by atoms with Crippen LogP contribution in [0.15, 0.2) is 16.8 Å². The Kier molecular flexibility index (Phi) is 4.12. The maximum absolute atomic E-state index is 11.1. The zero-order valence-electron chi connectivity index (χ0n) is 7.53. The highest BCUT2D eigenvalue weighted by Gasteiger charge is 2.03. The van der Waals surface area contributed by atoms with Crippen LogP contribution in [0.25, 0.3) is 0 Å². The number of thiophene rings is 1. The van der Waals surface area contributed by atoms with Crippen molar-refractivity contribution in [3.63, 3.8) is 0 Å². The molecule has 0 atom stereocenters. The predicted octanol–water partition coefficient (Wildman–Crippen LogP) is 0.881. The average molecular weight is 213 g/mol. The Morgan fingerprint density at radius 3 is 2.86 bits per heavy atom. The molecule has 0 aliphatic heterocycles. The van der Waals surface area contributed by atoms with Crippen molar-refractivity contribution >= 4 is 23.2 Å². The molecule has 0 fully saturated rings. The minimum absolute atomic E-state index is 0.224. The van der Waals surface area contributed by atoms with E-state index in [2.05, 4.69) is 5.32 Å². The predicted molar refractivity (Wildman–Crippen MR) is 53.3 cm³/mol. The van der Waals surface area contributed by atoms with Crippen LogP contribution < -0.4 is 5.32 Å². The molecule has 1 aromatic heterocycles. The van der Waals surface area contributed by atoms with Gasteiger partial charge in [-0.15, -0.1) is 0 Å². The van der Waals surface area contributed by atoms with E-state index in [1.807, 2.05) is 16.8 Å². The standard InChI is InChI=1S/C9H11NO3S/c11-8(10-5-9(12)13)2-1-7-3-4-14-6-7/h3-4,6H,1-2,5H2,(H,10,11)(H,12,13). The summed E-state index contributed by atoms with van der Waals surface area (Å²) in [6.07, 6.45) is 0.999. The number of hydrogen-bond acceptors (Lipinski definition) is 3. The van der Waals surface area contributed by atoms with Crippen molar-refractivity contribution in [1.82, 2.24) is 5.32 Å². The first-order valence-electron chi connectivity index (χ1n) is 4.18. The Labute approximate surface area is 85.6 Å². The average Bonchev–Trinajstić information content (AvgIpc) is 2.63. The van der Waals surface area contributed by atoms with E-state index in [1.54, 1.807) is 11.3 Å². The van der Waals surface area contributed by atoms with Crippen molar-refractivity contribution in [3.05, 3.63) is 22.4 Å². The fourth-order valence-electron chi connectivity index (χ4n) is 0.955. The molecule has 1 amide bonds. The number of aryl methyl sites for hydroxylation is 1. The van der Waals surface area contributed by atoms with Crippen LogP contribution >= 0.6 is 11.3 Å². The van der Waals surface area contributed by atoms with Gasteiger partial charge in [0.2, 0.25) is 5.91 Å². The van der Waals surface area contributed by atoms with Crippen LogP contribution in [-0.2, 0) is 16.0 Å². The lowest BCUT2D eigenvalue weighted by Gasteiger charge is -2.00. The highest BCUT2D eigenvalue weighted by atomic mass is 32.1. The highest BCUT2D eigenvalue weighted by Crippen LogP contribution is 2.07. The Hall–Kier alpha value is -1.36. The number of rotatable bonds is 5. The molecule has 0 spiro atoms. The molecule has 0 aliphatic rings. The van der Waals surface area contributed by atoms with E-state index in [0.717, 1.165) is 5.56 Å². The number of carbonyl (C=O) groups is 2. The van der Waals surface area contributed by atoms with Gasteiger partial charge in [-0.2, -0.15) is 11.3 Å². The van der Waals surface area contributed by atoms with Crippen molar-refractivity contribution in [3.8, 4) is 0 Å². The monoisotopic (exact) mass is 213 g/mol. The van der Waals surface area contributed by atoms with Gasteiger partial charge in [0.05, 0.1) is 0 Å². The molecule has 0 saturated heterocycles. The molecule has 2 N–H and O–H groups in total. The summed E-state index contributed by atoms with van der Waals surface area (Å²) >= 11 is 1.58. The van der Waals surface area contributed by atoms with E-state index in [9.17, 15) is 9.59 Å². The van der Waals surface area contributed by atoms with Crippen LogP contribution in [0.4, 0.5) is 0 Å². The number of hydrogen-bond donors (Lipinski definition) is 2. The molecule has 4 nitrogen and oxygen atoms in total. The largest absolute Gasteiger partial charge is 0.480 e. The van der Waals surface area contributed by atoms with E-state index in [4.69, 9.17) is 5.11 Å². The zero-order valence-corrected chi connectivity index (χ0v) is 8.34. The molecule has 0 aromatic carbocycles. The quantitative estimate of drug-likeness (QED) is 0.763. The molecular formula is C9H11NO3S. The van der Waals surface area contributed by atoms with Gasteiger partial charge in [0.15, 0.2) is 0 Å². The van der Waals surface area contributed by atoms with Crippen LogP contribution in [0.5, 0.6) is 0 Å². The lowest BCUT2D eigenvalue weighted by molar-refractivity contribution is -0.137. The number of amides is 1. The first kappa shape index (κ1) is 10.7. The maximum atomic E-state index is 11.1. The zero-order chi connectivity index (χ0) is 10.4. The van der Waals surface area contributed by atoms with Crippen molar-refractivity contribution < 1.29 is 14.7 Å². The second-order valence-electron chi connectivity index (χ2n) is 2.80. The van der Waals surface area contributed by atoms with Gasteiger partial charge in [0.1, 0.15) is 6.54 Å². The van der Waals surface area contributed by atoms with Gasteiger partial charge in [-0.25, -0.2) is 0 Å². The van der Waals surface area contributed by atoms with E-state index < -0.39 is 5.97 Å². The first-order valence-corrected chi connectivity index (χ1v) is 5.12. The van der Waals surface area contributed by atoms with Gasteiger partial charge in [-0.05, 0) is 28.8 Å². The minimum atomic E-state index is -1.02. The van der Waals surface area contributed by atoms with Crippen molar-refractivity contribution in [1.29, 1.82) is 0 Å².